The van der Waals surface area contributed by atoms with Crippen LogP contribution in [0.4, 0.5) is 4.39 Å². The van der Waals surface area contributed by atoms with Crippen LogP contribution in [0.1, 0.15) is 0 Å². The lowest BCUT2D eigenvalue weighted by atomic mass is 10.0. The number of carbonyl (C=O) groups excluding carboxylic acids is 1. The molecule has 2 rings (SSSR count). The summed E-state index contributed by atoms with van der Waals surface area (Å²) in [5.41, 5.74) is 0. The summed E-state index contributed by atoms with van der Waals surface area (Å²) >= 11 is 1.21. The first-order valence-electron chi connectivity index (χ1n) is 5.46. The summed E-state index contributed by atoms with van der Waals surface area (Å²) in [6.07, 6.45) is 0. The predicted octanol–water partition coefficient (Wildman–Crippen LogP) is 1.37. The molecule has 92 valence electrons. The Morgan fingerprint density at radius 1 is 1.47 bits per heavy atom. The summed E-state index contributed by atoms with van der Waals surface area (Å²) in [5, 5.41) is 8.84. The number of likely N-dealkylation sites (tertiary alicyclic amines) is 1. The summed E-state index contributed by atoms with van der Waals surface area (Å²) in [4.78, 5) is 13.9. The van der Waals surface area contributed by atoms with Crippen molar-refractivity contribution in [3.8, 4) is 0 Å². The van der Waals surface area contributed by atoms with Crippen molar-refractivity contribution in [2.75, 3.05) is 25.4 Å². The number of amides is 1. The van der Waals surface area contributed by atoms with Gasteiger partial charge in [-0.2, -0.15) is 0 Å². The highest BCUT2D eigenvalue weighted by Gasteiger charge is 2.29. The van der Waals surface area contributed by atoms with Crippen LogP contribution in [0.25, 0.3) is 0 Å². The Bertz CT molecular complexity index is 407. The van der Waals surface area contributed by atoms with E-state index in [1.165, 1.54) is 17.8 Å². The minimum absolute atomic E-state index is 0.00273. The van der Waals surface area contributed by atoms with Crippen molar-refractivity contribution in [1.29, 1.82) is 0 Å². The van der Waals surface area contributed by atoms with E-state index in [1.54, 1.807) is 23.1 Å². The second-order valence-corrected chi connectivity index (χ2v) is 5.08. The minimum Gasteiger partial charge on any atom is -0.396 e. The maximum Gasteiger partial charge on any atom is 0.232 e. The Balaban J connectivity index is 1.79. The predicted molar refractivity (Wildman–Crippen MR) is 64.3 cm³/mol. The lowest BCUT2D eigenvalue weighted by molar-refractivity contribution is -0.135. The molecule has 1 saturated heterocycles. The third-order valence-corrected chi connectivity index (χ3v) is 3.79. The summed E-state index contributed by atoms with van der Waals surface area (Å²) in [6, 6.07) is 6.43. The molecule has 0 atom stereocenters. The molecule has 1 N–H and O–H groups in total. The number of hydrogen-bond donors (Lipinski definition) is 1. The molecular formula is C12H14FNO2S. The van der Waals surface area contributed by atoms with Crippen LogP contribution in [0.3, 0.4) is 0 Å². The number of hydrogen-bond acceptors (Lipinski definition) is 3. The molecule has 0 bridgehead atoms. The maximum absolute atomic E-state index is 13.3. The highest BCUT2D eigenvalue weighted by Crippen LogP contribution is 2.23. The van der Waals surface area contributed by atoms with E-state index in [0.29, 0.717) is 18.0 Å². The van der Waals surface area contributed by atoms with Crippen molar-refractivity contribution in [3.05, 3.63) is 30.1 Å². The van der Waals surface area contributed by atoms with E-state index in [2.05, 4.69) is 0 Å². The molecule has 1 fully saturated rings. The average Bonchev–Trinajstić information content (AvgIpc) is 2.26. The zero-order valence-corrected chi connectivity index (χ0v) is 10.1. The highest BCUT2D eigenvalue weighted by atomic mass is 32.2. The number of halogens is 1. The number of thioether (sulfide) groups is 1. The van der Waals surface area contributed by atoms with Gasteiger partial charge in [0, 0.05) is 30.5 Å². The number of benzene rings is 1. The lowest BCUT2D eigenvalue weighted by Crippen LogP contribution is -2.51. The molecule has 0 saturated carbocycles. The zero-order valence-electron chi connectivity index (χ0n) is 9.30. The van der Waals surface area contributed by atoms with Crippen molar-refractivity contribution in [1.82, 2.24) is 4.90 Å². The van der Waals surface area contributed by atoms with Crippen LogP contribution < -0.4 is 0 Å². The Hall–Kier alpha value is -1.07. The minimum atomic E-state index is -0.290. The number of rotatable bonds is 4. The Labute approximate surface area is 104 Å². The summed E-state index contributed by atoms with van der Waals surface area (Å²) in [6.45, 7) is 1.37. The first-order chi connectivity index (χ1) is 8.20. The molecular weight excluding hydrogens is 241 g/mol. The molecule has 0 aromatic heterocycles. The van der Waals surface area contributed by atoms with Crippen LogP contribution in [0.2, 0.25) is 0 Å². The van der Waals surface area contributed by atoms with Crippen molar-refractivity contribution in [3.63, 3.8) is 0 Å². The molecule has 17 heavy (non-hydrogen) atoms. The fourth-order valence-corrected chi connectivity index (χ4v) is 2.52. The number of aliphatic hydroxyl groups is 1. The van der Waals surface area contributed by atoms with E-state index >= 15 is 0 Å². The van der Waals surface area contributed by atoms with Gasteiger partial charge < -0.3 is 10.0 Å². The molecule has 1 aromatic carbocycles. The van der Waals surface area contributed by atoms with E-state index in [0.717, 1.165) is 0 Å². The molecule has 1 heterocycles. The third-order valence-electron chi connectivity index (χ3n) is 2.76. The second kappa shape index (κ2) is 5.51. The second-order valence-electron chi connectivity index (χ2n) is 4.07. The van der Waals surface area contributed by atoms with E-state index < -0.39 is 0 Å². The smallest absolute Gasteiger partial charge is 0.232 e. The molecule has 1 aliphatic rings. The molecule has 0 spiro atoms. The summed E-state index contributed by atoms with van der Waals surface area (Å²) in [5.74, 6) is 0.182. The van der Waals surface area contributed by atoms with Gasteiger partial charge in [-0.1, -0.05) is 12.1 Å². The van der Waals surface area contributed by atoms with Crippen LogP contribution in [0.15, 0.2) is 29.2 Å². The molecule has 1 aromatic rings. The number of aliphatic hydroxyl groups excluding tert-OH is 1. The van der Waals surface area contributed by atoms with Crippen molar-refractivity contribution < 1.29 is 14.3 Å². The summed E-state index contributed by atoms with van der Waals surface area (Å²) < 4.78 is 13.3. The Morgan fingerprint density at radius 3 is 2.82 bits per heavy atom. The van der Waals surface area contributed by atoms with Gasteiger partial charge in [0.1, 0.15) is 5.82 Å². The van der Waals surface area contributed by atoms with E-state index in [9.17, 15) is 9.18 Å². The zero-order chi connectivity index (χ0) is 12.3. The largest absolute Gasteiger partial charge is 0.396 e. The number of nitrogens with zero attached hydrogens (tertiary/aromatic N) is 1. The standard InChI is InChI=1S/C12H14FNO2S/c13-10-3-1-2-4-11(10)17-8-12(16)14-5-9(6-14)7-15/h1-4,9,15H,5-8H2. The molecule has 0 radical (unpaired) electrons. The van der Waals surface area contributed by atoms with Crippen molar-refractivity contribution in [2.45, 2.75) is 4.90 Å². The molecule has 3 nitrogen and oxygen atoms in total. The molecule has 5 heteroatoms. The van der Waals surface area contributed by atoms with Gasteiger partial charge in [0.2, 0.25) is 5.91 Å². The van der Waals surface area contributed by atoms with Crippen LogP contribution in [0.5, 0.6) is 0 Å². The fraction of sp³-hybridized carbons (Fsp3) is 0.417. The monoisotopic (exact) mass is 255 g/mol. The van der Waals surface area contributed by atoms with Gasteiger partial charge in [-0.15, -0.1) is 11.8 Å². The topological polar surface area (TPSA) is 40.5 Å². The first-order valence-corrected chi connectivity index (χ1v) is 6.45. The fourth-order valence-electron chi connectivity index (χ4n) is 1.68. The van der Waals surface area contributed by atoms with Gasteiger partial charge in [0.15, 0.2) is 0 Å². The van der Waals surface area contributed by atoms with E-state index in [4.69, 9.17) is 5.11 Å². The normalized spacial score (nSPS) is 15.8. The van der Waals surface area contributed by atoms with Gasteiger partial charge in [-0.3, -0.25) is 4.79 Å². The van der Waals surface area contributed by atoms with Crippen LogP contribution >= 0.6 is 11.8 Å². The van der Waals surface area contributed by atoms with Gasteiger partial charge >= 0.3 is 0 Å². The maximum atomic E-state index is 13.3. The van der Waals surface area contributed by atoms with Crippen LogP contribution in [0, 0.1) is 11.7 Å². The summed E-state index contributed by atoms with van der Waals surface area (Å²) in [7, 11) is 0. The Morgan fingerprint density at radius 2 is 2.18 bits per heavy atom. The van der Waals surface area contributed by atoms with Crippen LogP contribution in [-0.2, 0) is 4.79 Å². The van der Waals surface area contributed by atoms with E-state index in [1.807, 2.05) is 0 Å². The van der Waals surface area contributed by atoms with Gasteiger partial charge in [-0.05, 0) is 12.1 Å². The molecule has 1 amide bonds. The SMILES string of the molecule is O=C(CSc1ccccc1F)N1CC(CO)C1. The van der Waals surface area contributed by atoms with E-state index in [-0.39, 0.29) is 30.0 Å². The van der Waals surface area contributed by atoms with Gasteiger partial charge in [0.25, 0.3) is 0 Å². The van der Waals surface area contributed by atoms with Crippen LogP contribution in [-0.4, -0.2) is 41.4 Å². The quantitative estimate of drug-likeness (QED) is 0.826. The van der Waals surface area contributed by atoms with Gasteiger partial charge in [0.05, 0.1) is 5.75 Å². The van der Waals surface area contributed by atoms with Crippen molar-refractivity contribution in [2.24, 2.45) is 5.92 Å². The molecule has 0 aliphatic carbocycles. The Kier molecular flexibility index (Phi) is 4.02. The molecule has 0 unspecified atom stereocenters. The van der Waals surface area contributed by atoms with Gasteiger partial charge in [-0.25, -0.2) is 4.39 Å². The number of carbonyl (C=O) groups is 1. The van der Waals surface area contributed by atoms with Crippen molar-refractivity contribution >= 4 is 17.7 Å². The lowest BCUT2D eigenvalue weighted by Gasteiger charge is -2.38. The molecule has 1 aliphatic heterocycles. The third kappa shape index (κ3) is 2.98. The first kappa shape index (κ1) is 12.4. The average molecular weight is 255 g/mol. The highest BCUT2D eigenvalue weighted by molar-refractivity contribution is 8.00.